The van der Waals surface area contributed by atoms with Gasteiger partial charge in [-0.3, -0.25) is 18.6 Å². The van der Waals surface area contributed by atoms with Crippen molar-refractivity contribution in [1.82, 2.24) is 0 Å². The van der Waals surface area contributed by atoms with E-state index in [1.54, 1.807) is 19.1 Å². The summed E-state index contributed by atoms with van der Waals surface area (Å²) in [6.07, 6.45) is 5.19. The zero-order valence-electron chi connectivity index (χ0n) is 20.3. The molecule has 8 atom stereocenters. The number of carboxylic acid groups (broad SMARTS) is 1. The first-order valence-electron chi connectivity index (χ1n) is 12.1. The van der Waals surface area contributed by atoms with Gasteiger partial charge in [-0.25, -0.2) is 0 Å². The minimum Gasteiger partial charge on any atom is -0.481 e. The highest BCUT2D eigenvalue weighted by Crippen LogP contribution is 2.67. The van der Waals surface area contributed by atoms with Crippen molar-refractivity contribution in [3.8, 4) is 0 Å². The quantitative estimate of drug-likeness (QED) is 0.433. The van der Waals surface area contributed by atoms with Crippen LogP contribution in [-0.2, 0) is 28.7 Å². The maximum absolute atomic E-state index is 13.2. The van der Waals surface area contributed by atoms with Crippen LogP contribution in [0.25, 0.3) is 0 Å². The van der Waals surface area contributed by atoms with Crippen molar-refractivity contribution in [2.75, 3.05) is 12.4 Å². The lowest BCUT2D eigenvalue weighted by atomic mass is 9.45. The number of rotatable bonds is 7. The predicted molar refractivity (Wildman–Crippen MR) is 125 cm³/mol. The number of Topliss-reactive ketones (excluding diaryl/α,β-unsaturated/α-hetero) is 1. The Bertz CT molecular complexity index is 1110. The molecule has 4 rings (SSSR count). The Morgan fingerprint density at radius 1 is 1.26 bits per heavy atom. The van der Waals surface area contributed by atoms with Crippen LogP contribution in [0.3, 0.4) is 0 Å². The van der Waals surface area contributed by atoms with Gasteiger partial charge in [0.2, 0.25) is 0 Å². The SMILES string of the molecule is C[C@H]1CC2C(C(O)C[C@@]3(C)C2CC[C@]3(O)C(=O)COS(=O)(=O)CCC(=O)O)[C@@]2(C)C=CC(=O)C=C12. The summed E-state index contributed by atoms with van der Waals surface area (Å²) < 4.78 is 28.8. The Hall–Kier alpha value is -1.88. The highest BCUT2D eigenvalue weighted by molar-refractivity contribution is 7.86. The Morgan fingerprint density at radius 2 is 1.94 bits per heavy atom. The van der Waals surface area contributed by atoms with E-state index in [0.717, 1.165) is 12.0 Å². The van der Waals surface area contributed by atoms with Crippen LogP contribution in [0.1, 0.15) is 52.9 Å². The smallest absolute Gasteiger partial charge is 0.304 e. The van der Waals surface area contributed by atoms with Gasteiger partial charge in [0.1, 0.15) is 12.2 Å². The fourth-order valence-electron chi connectivity index (χ4n) is 7.75. The second kappa shape index (κ2) is 8.61. The molecule has 3 fully saturated rings. The van der Waals surface area contributed by atoms with Crippen LogP contribution in [0.2, 0.25) is 0 Å². The van der Waals surface area contributed by atoms with E-state index in [-0.39, 0.29) is 42.3 Å². The standard InChI is InChI=1S/C25H34O9S/c1-14-10-16-17-5-8-25(31,20(28)13-34-35(32,33)9-6-21(29)30)24(17,3)12-19(27)22(16)23(2)7-4-15(26)11-18(14)23/h4,7,11,14,16-17,19,22,27,31H,5-6,8-10,12-13H2,1-3H3,(H,29,30)/t14-,16?,17?,19?,22?,23-,24-,25-/m0/s1. The molecule has 35 heavy (non-hydrogen) atoms. The van der Waals surface area contributed by atoms with Gasteiger partial charge in [-0.1, -0.05) is 32.4 Å². The Morgan fingerprint density at radius 3 is 2.60 bits per heavy atom. The molecule has 4 unspecified atom stereocenters. The summed E-state index contributed by atoms with van der Waals surface area (Å²) in [6.45, 7) is 5.02. The molecule has 10 heteroatoms. The summed E-state index contributed by atoms with van der Waals surface area (Å²) in [6, 6.07) is 0. The second-order valence-corrected chi connectivity index (χ2v) is 13.0. The van der Waals surface area contributed by atoms with Crippen LogP contribution < -0.4 is 0 Å². The maximum atomic E-state index is 13.2. The largest absolute Gasteiger partial charge is 0.481 e. The van der Waals surface area contributed by atoms with Gasteiger partial charge in [-0.05, 0) is 55.6 Å². The van der Waals surface area contributed by atoms with Crippen molar-refractivity contribution in [2.45, 2.75) is 64.6 Å². The van der Waals surface area contributed by atoms with Gasteiger partial charge in [0.05, 0.1) is 18.3 Å². The molecule has 0 radical (unpaired) electrons. The predicted octanol–water partition coefficient (Wildman–Crippen LogP) is 1.63. The van der Waals surface area contributed by atoms with Gasteiger partial charge in [0.25, 0.3) is 10.1 Å². The first-order chi connectivity index (χ1) is 16.1. The van der Waals surface area contributed by atoms with Crippen LogP contribution in [0.15, 0.2) is 23.8 Å². The topological polar surface area (TPSA) is 155 Å². The van der Waals surface area contributed by atoms with Crippen LogP contribution in [-0.4, -0.2) is 65.3 Å². The summed E-state index contributed by atoms with van der Waals surface area (Å²) in [7, 11) is -4.24. The molecule has 0 spiro atoms. The molecule has 0 bridgehead atoms. The van der Waals surface area contributed by atoms with E-state index in [4.69, 9.17) is 9.29 Å². The van der Waals surface area contributed by atoms with Crippen molar-refractivity contribution < 1.29 is 42.3 Å². The minimum absolute atomic E-state index is 0.000736. The third-order valence-electron chi connectivity index (χ3n) is 9.37. The zero-order valence-corrected chi connectivity index (χ0v) is 21.1. The number of allylic oxidation sites excluding steroid dienone is 4. The van der Waals surface area contributed by atoms with Crippen molar-refractivity contribution >= 4 is 27.7 Å². The van der Waals surface area contributed by atoms with E-state index >= 15 is 0 Å². The maximum Gasteiger partial charge on any atom is 0.304 e. The lowest BCUT2D eigenvalue weighted by Gasteiger charge is -2.60. The van der Waals surface area contributed by atoms with Crippen LogP contribution in [0.5, 0.6) is 0 Å². The molecular weight excluding hydrogens is 476 g/mol. The highest BCUT2D eigenvalue weighted by Gasteiger charge is 2.68. The fraction of sp³-hybridized carbons (Fsp3) is 0.720. The van der Waals surface area contributed by atoms with Crippen molar-refractivity contribution in [1.29, 1.82) is 0 Å². The number of ketones is 2. The van der Waals surface area contributed by atoms with Gasteiger partial charge in [0, 0.05) is 16.7 Å². The number of fused-ring (bicyclic) bond motifs is 5. The summed E-state index contributed by atoms with van der Waals surface area (Å²) in [4.78, 5) is 35.9. The van der Waals surface area contributed by atoms with Gasteiger partial charge in [-0.2, -0.15) is 8.42 Å². The van der Waals surface area contributed by atoms with Crippen molar-refractivity contribution in [3.63, 3.8) is 0 Å². The van der Waals surface area contributed by atoms with E-state index in [2.05, 4.69) is 6.92 Å². The molecule has 0 aromatic carbocycles. The van der Waals surface area contributed by atoms with E-state index in [1.807, 2.05) is 13.0 Å². The number of aliphatic hydroxyl groups is 2. The summed E-state index contributed by atoms with van der Waals surface area (Å²) >= 11 is 0. The van der Waals surface area contributed by atoms with E-state index in [1.165, 1.54) is 0 Å². The number of carbonyl (C=O) groups is 3. The minimum atomic E-state index is -4.24. The number of aliphatic carboxylic acids is 1. The molecule has 3 N–H and O–H groups in total. The molecule has 0 amide bonds. The monoisotopic (exact) mass is 510 g/mol. The fourth-order valence-corrected chi connectivity index (χ4v) is 8.58. The lowest BCUT2D eigenvalue weighted by Crippen LogP contribution is -2.62. The molecule has 0 saturated heterocycles. The lowest BCUT2D eigenvalue weighted by molar-refractivity contribution is -0.179. The first kappa shape index (κ1) is 26.2. The molecule has 3 saturated carbocycles. The van der Waals surface area contributed by atoms with Crippen molar-refractivity contribution in [2.24, 2.45) is 34.5 Å². The molecule has 194 valence electrons. The average molecular weight is 511 g/mol. The van der Waals surface area contributed by atoms with Gasteiger partial charge < -0.3 is 15.3 Å². The zero-order chi connectivity index (χ0) is 26.0. The Kier molecular flexibility index (Phi) is 6.44. The van der Waals surface area contributed by atoms with E-state index in [9.17, 15) is 33.0 Å². The number of carboxylic acids is 1. The van der Waals surface area contributed by atoms with E-state index < -0.39 is 63.2 Å². The molecule has 0 aliphatic heterocycles. The molecule has 0 aromatic rings. The van der Waals surface area contributed by atoms with Crippen molar-refractivity contribution in [3.05, 3.63) is 23.8 Å². The molecule has 0 heterocycles. The normalized spacial score (nSPS) is 42.6. The first-order valence-corrected chi connectivity index (χ1v) is 13.7. The molecule has 9 nitrogen and oxygen atoms in total. The highest BCUT2D eigenvalue weighted by atomic mass is 32.2. The Balaban J connectivity index is 1.58. The number of carbonyl (C=O) groups excluding carboxylic acids is 2. The van der Waals surface area contributed by atoms with Gasteiger partial charge in [-0.15, -0.1) is 0 Å². The summed E-state index contributed by atoms with van der Waals surface area (Å²) in [5.41, 5.74) is -2.34. The number of aliphatic hydroxyl groups excluding tert-OH is 1. The molecule has 0 aromatic heterocycles. The summed E-state index contributed by atoms with van der Waals surface area (Å²) in [5, 5.41) is 31.7. The summed E-state index contributed by atoms with van der Waals surface area (Å²) in [5.74, 6) is -3.05. The van der Waals surface area contributed by atoms with Crippen LogP contribution >= 0.6 is 0 Å². The third kappa shape index (κ3) is 4.12. The average Bonchev–Trinajstić information content (AvgIpc) is 3.03. The van der Waals surface area contributed by atoms with Gasteiger partial charge in [0.15, 0.2) is 11.6 Å². The van der Waals surface area contributed by atoms with Gasteiger partial charge >= 0.3 is 5.97 Å². The molecule has 4 aliphatic rings. The van der Waals surface area contributed by atoms with Crippen LogP contribution in [0, 0.1) is 34.5 Å². The number of hydrogen-bond donors (Lipinski definition) is 3. The molecule has 4 aliphatic carbocycles. The number of hydrogen-bond acceptors (Lipinski definition) is 8. The third-order valence-corrected chi connectivity index (χ3v) is 10.5. The Labute approximate surface area is 205 Å². The van der Waals surface area contributed by atoms with Crippen LogP contribution in [0.4, 0.5) is 0 Å². The second-order valence-electron chi connectivity index (χ2n) is 11.2. The van der Waals surface area contributed by atoms with E-state index in [0.29, 0.717) is 6.42 Å². The molecular formula is C25H34O9S.